The van der Waals surface area contributed by atoms with Gasteiger partial charge in [-0.2, -0.15) is 0 Å². The Kier molecular flexibility index (Phi) is 5.79. The zero-order chi connectivity index (χ0) is 13.4. The van der Waals surface area contributed by atoms with Crippen molar-refractivity contribution in [3.05, 3.63) is 18.2 Å². The first kappa shape index (κ1) is 14.1. The maximum absolute atomic E-state index is 11.2. The summed E-state index contributed by atoms with van der Waals surface area (Å²) in [4.78, 5) is 11.2. The summed E-state index contributed by atoms with van der Waals surface area (Å²) in [5.41, 5.74) is 11.5. The molecule has 1 aromatic carbocycles. The average Bonchev–Trinajstić information content (AvgIpc) is 2.35. The molecular formula is C12H18N2O4. The fourth-order valence-electron chi connectivity index (χ4n) is 1.26. The number of nitrogens with two attached hydrogens (primary N) is 2. The van der Waals surface area contributed by atoms with Crippen molar-refractivity contribution in [3.63, 3.8) is 0 Å². The molecule has 18 heavy (non-hydrogen) atoms. The number of hydrogen-bond acceptors (Lipinski definition) is 6. The Labute approximate surface area is 106 Å². The molecule has 0 aliphatic carbocycles. The van der Waals surface area contributed by atoms with Crippen LogP contribution in [0.4, 0.5) is 5.69 Å². The van der Waals surface area contributed by atoms with E-state index in [1.54, 1.807) is 25.1 Å². The van der Waals surface area contributed by atoms with E-state index < -0.39 is 5.97 Å². The van der Waals surface area contributed by atoms with Gasteiger partial charge in [-0.1, -0.05) is 0 Å². The number of esters is 1. The smallest absolute Gasteiger partial charge is 0.344 e. The summed E-state index contributed by atoms with van der Waals surface area (Å²) in [7, 11) is 0. The summed E-state index contributed by atoms with van der Waals surface area (Å²) < 4.78 is 15.4. The SMILES string of the molecule is CCOC(=O)COc1cc(N)ccc1OCCN. The van der Waals surface area contributed by atoms with Gasteiger partial charge in [0.1, 0.15) is 6.61 Å². The van der Waals surface area contributed by atoms with E-state index in [4.69, 9.17) is 25.7 Å². The van der Waals surface area contributed by atoms with E-state index in [0.717, 1.165) is 0 Å². The van der Waals surface area contributed by atoms with E-state index in [0.29, 0.717) is 36.9 Å². The predicted octanol–water partition coefficient (Wildman–Crippen LogP) is 0.548. The minimum atomic E-state index is -0.440. The van der Waals surface area contributed by atoms with E-state index in [-0.39, 0.29) is 6.61 Å². The maximum atomic E-state index is 11.2. The third-order valence-corrected chi connectivity index (χ3v) is 1.99. The highest BCUT2D eigenvalue weighted by Gasteiger charge is 2.09. The molecule has 1 aromatic rings. The topological polar surface area (TPSA) is 96.8 Å². The lowest BCUT2D eigenvalue weighted by Crippen LogP contribution is -2.16. The second-order valence-corrected chi connectivity index (χ2v) is 3.44. The molecule has 0 atom stereocenters. The van der Waals surface area contributed by atoms with Crippen LogP contribution in [0.2, 0.25) is 0 Å². The number of hydrogen-bond donors (Lipinski definition) is 2. The highest BCUT2D eigenvalue weighted by molar-refractivity contribution is 5.71. The largest absolute Gasteiger partial charge is 0.488 e. The molecule has 0 saturated carbocycles. The minimum Gasteiger partial charge on any atom is -0.488 e. The highest BCUT2D eigenvalue weighted by Crippen LogP contribution is 2.29. The molecule has 0 heterocycles. The number of carbonyl (C=O) groups is 1. The van der Waals surface area contributed by atoms with E-state index in [1.165, 1.54) is 0 Å². The predicted molar refractivity (Wildman–Crippen MR) is 67.5 cm³/mol. The van der Waals surface area contributed by atoms with E-state index in [9.17, 15) is 4.79 Å². The summed E-state index contributed by atoms with van der Waals surface area (Å²) in [6.07, 6.45) is 0. The van der Waals surface area contributed by atoms with Gasteiger partial charge in [0.2, 0.25) is 0 Å². The van der Waals surface area contributed by atoms with Crippen LogP contribution in [0.15, 0.2) is 18.2 Å². The van der Waals surface area contributed by atoms with E-state index >= 15 is 0 Å². The molecule has 0 amide bonds. The van der Waals surface area contributed by atoms with Crippen LogP contribution in [-0.4, -0.2) is 32.3 Å². The normalized spacial score (nSPS) is 9.89. The van der Waals surface area contributed by atoms with Crippen molar-refractivity contribution in [2.45, 2.75) is 6.92 Å². The van der Waals surface area contributed by atoms with E-state index in [2.05, 4.69) is 0 Å². The number of carbonyl (C=O) groups excluding carboxylic acids is 1. The first-order chi connectivity index (χ1) is 8.67. The van der Waals surface area contributed by atoms with Gasteiger partial charge in [0.05, 0.1) is 6.61 Å². The molecule has 6 nitrogen and oxygen atoms in total. The van der Waals surface area contributed by atoms with Crippen molar-refractivity contribution in [2.24, 2.45) is 5.73 Å². The van der Waals surface area contributed by atoms with Crippen LogP contribution in [-0.2, 0) is 9.53 Å². The van der Waals surface area contributed by atoms with Crippen molar-refractivity contribution in [1.82, 2.24) is 0 Å². The summed E-state index contributed by atoms with van der Waals surface area (Å²) in [6.45, 7) is 2.61. The van der Waals surface area contributed by atoms with Crippen molar-refractivity contribution >= 4 is 11.7 Å². The third-order valence-electron chi connectivity index (χ3n) is 1.99. The van der Waals surface area contributed by atoms with Gasteiger partial charge in [-0.15, -0.1) is 0 Å². The Hall–Kier alpha value is -1.95. The van der Waals surface area contributed by atoms with Crippen LogP contribution in [0.25, 0.3) is 0 Å². The summed E-state index contributed by atoms with van der Waals surface area (Å²) in [5.74, 6) is 0.458. The average molecular weight is 254 g/mol. The minimum absolute atomic E-state index is 0.184. The van der Waals surface area contributed by atoms with Gasteiger partial charge in [0, 0.05) is 18.3 Å². The molecule has 1 rings (SSSR count). The molecule has 0 unspecified atom stereocenters. The van der Waals surface area contributed by atoms with Crippen LogP contribution in [0.1, 0.15) is 6.92 Å². The molecular weight excluding hydrogens is 236 g/mol. The fraction of sp³-hybridized carbons (Fsp3) is 0.417. The third kappa shape index (κ3) is 4.50. The zero-order valence-electron chi connectivity index (χ0n) is 10.3. The van der Waals surface area contributed by atoms with Crippen LogP contribution in [0.3, 0.4) is 0 Å². The summed E-state index contributed by atoms with van der Waals surface area (Å²) >= 11 is 0. The molecule has 0 spiro atoms. The van der Waals surface area contributed by atoms with Gasteiger partial charge >= 0.3 is 5.97 Å². The first-order valence-corrected chi connectivity index (χ1v) is 5.68. The van der Waals surface area contributed by atoms with E-state index in [1.807, 2.05) is 0 Å². The van der Waals surface area contributed by atoms with Gasteiger partial charge in [-0.05, 0) is 19.1 Å². The van der Waals surface area contributed by atoms with Crippen LogP contribution in [0.5, 0.6) is 11.5 Å². The van der Waals surface area contributed by atoms with Gasteiger partial charge in [0.15, 0.2) is 18.1 Å². The lowest BCUT2D eigenvalue weighted by molar-refractivity contribution is -0.145. The second kappa shape index (κ2) is 7.39. The molecule has 6 heteroatoms. The van der Waals surface area contributed by atoms with Crippen molar-refractivity contribution in [1.29, 1.82) is 0 Å². The van der Waals surface area contributed by atoms with Crippen LogP contribution < -0.4 is 20.9 Å². The van der Waals surface area contributed by atoms with Crippen LogP contribution >= 0.6 is 0 Å². The summed E-state index contributed by atoms with van der Waals surface area (Å²) in [6, 6.07) is 4.94. The molecule has 0 bridgehead atoms. The number of ether oxygens (including phenoxy) is 3. The lowest BCUT2D eigenvalue weighted by atomic mass is 10.3. The second-order valence-electron chi connectivity index (χ2n) is 3.44. The van der Waals surface area contributed by atoms with Gasteiger partial charge in [0.25, 0.3) is 0 Å². The maximum Gasteiger partial charge on any atom is 0.344 e. The van der Waals surface area contributed by atoms with Crippen LogP contribution in [0, 0.1) is 0 Å². The Morgan fingerprint density at radius 2 is 2.06 bits per heavy atom. The Balaban J connectivity index is 2.66. The van der Waals surface area contributed by atoms with Gasteiger partial charge < -0.3 is 25.7 Å². The monoisotopic (exact) mass is 254 g/mol. The molecule has 0 radical (unpaired) electrons. The summed E-state index contributed by atoms with van der Waals surface area (Å²) in [5, 5.41) is 0. The Morgan fingerprint density at radius 1 is 1.28 bits per heavy atom. The molecule has 0 aromatic heterocycles. The molecule has 0 aliphatic rings. The molecule has 4 N–H and O–H groups in total. The standard InChI is InChI=1S/C12H18N2O4/c1-2-16-12(15)8-18-11-7-9(14)3-4-10(11)17-6-5-13/h3-4,7H,2,5-6,8,13-14H2,1H3. The van der Waals surface area contributed by atoms with Gasteiger partial charge in [-0.25, -0.2) is 4.79 Å². The Morgan fingerprint density at radius 3 is 2.72 bits per heavy atom. The number of nitrogen functional groups attached to an aromatic ring is 1. The number of rotatable bonds is 7. The lowest BCUT2D eigenvalue weighted by Gasteiger charge is -2.12. The Bertz CT molecular complexity index is 396. The van der Waals surface area contributed by atoms with Gasteiger partial charge in [-0.3, -0.25) is 0 Å². The highest BCUT2D eigenvalue weighted by atomic mass is 16.6. The quantitative estimate of drug-likeness (QED) is 0.544. The molecule has 100 valence electrons. The van der Waals surface area contributed by atoms with Crippen molar-refractivity contribution in [2.75, 3.05) is 32.1 Å². The zero-order valence-corrected chi connectivity index (χ0v) is 10.3. The first-order valence-electron chi connectivity index (χ1n) is 5.68. The molecule has 0 fully saturated rings. The molecule has 0 aliphatic heterocycles. The molecule has 0 saturated heterocycles. The van der Waals surface area contributed by atoms with Crippen molar-refractivity contribution in [3.8, 4) is 11.5 Å². The fourth-order valence-corrected chi connectivity index (χ4v) is 1.26. The van der Waals surface area contributed by atoms with Crippen molar-refractivity contribution < 1.29 is 19.0 Å². The number of anilines is 1. The number of benzene rings is 1.